The van der Waals surface area contributed by atoms with Crippen molar-refractivity contribution in [1.82, 2.24) is 9.80 Å². The summed E-state index contributed by atoms with van der Waals surface area (Å²) in [4.78, 5) is 26.7. The lowest BCUT2D eigenvalue weighted by molar-refractivity contribution is 0.0760. The molecular formula is C73H79BrCl2N2O10. The average molecular weight is 1300 g/mol. The highest BCUT2D eigenvalue weighted by atomic mass is 79.9. The van der Waals surface area contributed by atoms with Gasteiger partial charge in [-0.05, 0) is 146 Å². The number of carbonyl (C=O) groups excluding carboxylic acids is 2. The minimum atomic E-state index is -0.192. The third-order valence-electron chi connectivity index (χ3n) is 16.6. The van der Waals surface area contributed by atoms with E-state index in [0.29, 0.717) is 54.8 Å². The van der Waals surface area contributed by atoms with Gasteiger partial charge in [0.25, 0.3) is 0 Å². The van der Waals surface area contributed by atoms with Crippen molar-refractivity contribution in [2.24, 2.45) is 0 Å². The van der Waals surface area contributed by atoms with Crippen LogP contribution >= 0.6 is 39.1 Å². The second-order valence-corrected chi connectivity index (χ2v) is 24.3. The van der Waals surface area contributed by atoms with Crippen molar-refractivity contribution >= 4 is 51.7 Å². The Hall–Kier alpha value is -7.20. The van der Waals surface area contributed by atoms with Crippen molar-refractivity contribution in [1.29, 1.82) is 0 Å². The summed E-state index contributed by atoms with van der Waals surface area (Å²) in [5.41, 5.74) is 12.7. The Balaban J connectivity index is 0.000000188. The summed E-state index contributed by atoms with van der Waals surface area (Å²) >= 11 is 15.9. The summed E-state index contributed by atoms with van der Waals surface area (Å²) < 4.78 is 25.4. The van der Waals surface area contributed by atoms with E-state index in [9.17, 15) is 30.0 Å². The summed E-state index contributed by atoms with van der Waals surface area (Å²) in [6.07, 6.45) is 4.15. The number of hydrogen-bond acceptors (Lipinski definition) is 12. The lowest BCUT2D eigenvalue weighted by Gasteiger charge is -2.32. The Morgan fingerprint density at radius 2 is 0.898 bits per heavy atom. The third kappa shape index (κ3) is 18.4. The van der Waals surface area contributed by atoms with Crippen molar-refractivity contribution in [3.8, 4) is 45.6 Å². The Morgan fingerprint density at radius 3 is 1.36 bits per heavy atom. The van der Waals surface area contributed by atoms with Crippen LogP contribution in [0.3, 0.4) is 0 Å². The minimum Gasteiger partial charge on any atom is -0.507 e. The topological polar surface area (TPSA) is 158 Å². The molecule has 2 saturated heterocycles. The number of nitrogens with zero attached hydrogens (tertiary/aromatic N) is 2. The zero-order valence-corrected chi connectivity index (χ0v) is 53.7. The number of likely N-dealkylation sites (tertiary alicyclic amines) is 2. The number of aliphatic hydroxyl groups is 2. The molecular weight excluding hydrogens is 1220 g/mol. The molecule has 0 aliphatic carbocycles. The fourth-order valence-corrected chi connectivity index (χ4v) is 11.7. The molecule has 2 heterocycles. The van der Waals surface area contributed by atoms with Gasteiger partial charge in [0.1, 0.15) is 47.7 Å². The number of aryl methyl sites for hydroxylation is 1. The average Bonchev–Trinajstić information content (AvgIpc) is 2.80. The van der Waals surface area contributed by atoms with Gasteiger partial charge in [0.15, 0.2) is 12.6 Å². The third-order valence-corrected chi connectivity index (χ3v) is 18.1. The van der Waals surface area contributed by atoms with Crippen LogP contribution in [0.25, 0.3) is 11.1 Å². The zero-order chi connectivity index (χ0) is 62.7. The number of aldehydes is 2. The first-order valence-electron chi connectivity index (χ1n) is 29.9. The van der Waals surface area contributed by atoms with E-state index in [1.807, 2.05) is 80.6 Å². The van der Waals surface area contributed by atoms with E-state index in [1.165, 1.54) is 41.0 Å². The number of aromatic hydroxyl groups is 2. The van der Waals surface area contributed by atoms with E-state index in [2.05, 4.69) is 113 Å². The molecule has 12 nitrogen and oxygen atoms in total. The Morgan fingerprint density at radius 1 is 0.489 bits per heavy atom. The summed E-state index contributed by atoms with van der Waals surface area (Å²) in [6.45, 7) is 17.7. The molecule has 2 unspecified atom stereocenters. The van der Waals surface area contributed by atoms with Gasteiger partial charge < -0.3 is 49.2 Å². The van der Waals surface area contributed by atoms with Gasteiger partial charge in [0.05, 0.1) is 46.6 Å². The second kappa shape index (κ2) is 32.9. The Labute approximate surface area is 536 Å². The van der Waals surface area contributed by atoms with E-state index in [0.717, 1.165) is 125 Å². The van der Waals surface area contributed by atoms with Gasteiger partial charge in [0.2, 0.25) is 0 Å². The van der Waals surface area contributed by atoms with Crippen LogP contribution in [-0.2, 0) is 13.2 Å². The molecule has 8 aromatic rings. The highest BCUT2D eigenvalue weighted by Crippen LogP contribution is 2.37. The molecule has 0 saturated carbocycles. The van der Waals surface area contributed by atoms with Gasteiger partial charge in [-0.2, -0.15) is 0 Å². The molecule has 8 aromatic carbocycles. The standard InChI is InChI=1S/C36H38ClNO5.C21H26BrNO2.C16H15ClO3/c1-24-27(22-43-36-19-34(41)28(21-39)18-33(36)37)10-6-11-31(24)32-12-7-13-35(25(32)2)42-23-29(26-8-4-3-5-9-26)20-38-16-14-30(40)15-17-38;1-16-20(22)8-5-9-21(16)25-15-18(17-6-3-2-4-7-17)14-23-12-10-19(24)11-13-23;1-10-4-3-5-12(11(10)2)9-20-16-7-15(19)13(8-18)6-14(16)17/h3-13,18-19,21,29-30,40-41H,14-17,20,22-23H2,1-2H3;2-9,18-19,24H,10-15H2,1H3;3-8,19H,9H2,1-2H3. The number of phenols is 2. The lowest BCUT2D eigenvalue weighted by atomic mass is 9.93. The smallest absolute Gasteiger partial charge is 0.153 e. The molecule has 0 bridgehead atoms. The summed E-state index contributed by atoms with van der Waals surface area (Å²) in [5.74, 6) is 2.67. The van der Waals surface area contributed by atoms with Gasteiger partial charge in [0, 0.05) is 73.3 Å². The van der Waals surface area contributed by atoms with E-state index in [4.69, 9.17) is 42.1 Å². The normalized spacial score (nSPS) is 14.5. The monoisotopic (exact) mass is 1290 g/mol. The van der Waals surface area contributed by atoms with Crippen molar-refractivity contribution < 1.29 is 49.0 Å². The Bertz CT molecular complexity index is 3570. The zero-order valence-electron chi connectivity index (χ0n) is 50.6. The second-order valence-electron chi connectivity index (χ2n) is 22.6. The Kier molecular flexibility index (Phi) is 24.9. The number of benzene rings is 8. The molecule has 4 N–H and O–H groups in total. The molecule has 2 fully saturated rings. The fraction of sp³-hybridized carbons (Fsp3) is 0.315. The van der Waals surface area contributed by atoms with Gasteiger partial charge in [-0.1, -0.05) is 154 Å². The number of carbonyl (C=O) groups is 2. The van der Waals surface area contributed by atoms with Gasteiger partial charge in [-0.3, -0.25) is 9.59 Å². The van der Waals surface area contributed by atoms with E-state index >= 15 is 0 Å². The van der Waals surface area contributed by atoms with Crippen LogP contribution in [0.4, 0.5) is 0 Å². The molecule has 0 amide bonds. The molecule has 88 heavy (non-hydrogen) atoms. The van der Waals surface area contributed by atoms with Crippen molar-refractivity contribution in [2.75, 3.05) is 52.5 Å². The number of rotatable bonds is 21. The van der Waals surface area contributed by atoms with Crippen molar-refractivity contribution in [3.05, 3.63) is 233 Å². The molecule has 0 radical (unpaired) electrons. The highest BCUT2D eigenvalue weighted by molar-refractivity contribution is 9.10. The van der Waals surface area contributed by atoms with Crippen LogP contribution in [0.2, 0.25) is 10.0 Å². The molecule has 2 atom stereocenters. The largest absolute Gasteiger partial charge is 0.507 e. The number of halogens is 3. The quantitative estimate of drug-likeness (QED) is 0.0506. The molecule has 2 aliphatic rings. The van der Waals surface area contributed by atoms with Gasteiger partial charge in [-0.25, -0.2) is 0 Å². The fourth-order valence-electron chi connectivity index (χ4n) is 10.9. The number of aliphatic hydroxyl groups excluding tert-OH is 2. The first-order valence-corrected chi connectivity index (χ1v) is 31.4. The van der Waals surface area contributed by atoms with E-state index < -0.39 is 0 Å². The van der Waals surface area contributed by atoms with Crippen LogP contribution < -0.4 is 18.9 Å². The van der Waals surface area contributed by atoms with Crippen LogP contribution in [0.1, 0.15) is 108 Å². The molecule has 0 aromatic heterocycles. The van der Waals surface area contributed by atoms with Crippen LogP contribution in [0.5, 0.6) is 34.5 Å². The SMILES string of the molecule is Cc1c(Br)cccc1OCC(CN1CCC(O)CC1)c1ccccc1.Cc1c(COc2cc(O)c(C=O)cc2Cl)cccc1-c1cccc(OCC(CN2CCC(O)CC2)c2ccccc2)c1C.Cc1cccc(COc2cc(O)c(C=O)cc2Cl)c1C. The summed E-state index contributed by atoms with van der Waals surface area (Å²) in [5, 5.41) is 40.0. The van der Waals surface area contributed by atoms with Gasteiger partial charge >= 0.3 is 0 Å². The van der Waals surface area contributed by atoms with Crippen molar-refractivity contribution in [3.63, 3.8) is 0 Å². The number of piperidine rings is 2. The van der Waals surface area contributed by atoms with E-state index in [1.54, 1.807) is 0 Å². The van der Waals surface area contributed by atoms with Crippen molar-refractivity contribution in [2.45, 2.75) is 97.6 Å². The molecule has 10 rings (SSSR count). The molecule has 462 valence electrons. The highest BCUT2D eigenvalue weighted by Gasteiger charge is 2.25. The predicted molar refractivity (Wildman–Crippen MR) is 355 cm³/mol. The maximum atomic E-state index is 11.1. The minimum absolute atomic E-state index is 0.120. The molecule has 0 spiro atoms. The first-order chi connectivity index (χ1) is 42.5. The van der Waals surface area contributed by atoms with Gasteiger partial charge in [-0.15, -0.1) is 0 Å². The predicted octanol–water partition coefficient (Wildman–Crippen LogP) is 15.8. The molecule has 2 aliphatic heterocycles. The van der Waals surface area contributed by atoms with Crippen LogP contribution in [0.15, 0.2) is 162 Å². The van der Waals surface area contributed by atoms with Crippen LogP contribution in [-0.4, -0.2) is 107 Å². The molecule has 15 heteroatoms. The maximum Gasteiger partial charge on any atom is 0.153 e. The maximum absolute atomic E-state index is 11.1. The summed E-state index contributed by atoms with van der Waals surface area (Å²) in [6, 6.07) is 51.0. The number of hydrogen-bond donors (Lipinski definition) is 4. The van der Waals surface area contributed by atoms with E-state index in [-0.39, 0.29) is 52.4 Å². The number of phenolic OH excluding ortho intramolecular Hbond substituents is 2. The number of ether oxygens (including phenoxy) is 4. The first kappa shape index (κ1) is 66.7. The van der Waals surface area contributed by atoms with Crippen LogP contribution in [0, 0.1) is 34.6 Å². The lowest BCUT2D eigenvalue weighted by Crippen LogP contribution is -2.39. The summed E-state index contributed by atoms with van der Waals surface area (Å²) in [7, 11) is 0.